The smallest absolute Gasteiger partial charge is 0.337 e. The Bertz CT molecular complexity index is 559. The summed E-state index contributed by atoms with van der Waals surface area (Å²) in [4.78, 5) is 11.9. The van der Waals surface area contributed by atoms with Crippen LogP contribution in [0.3, 0.4) is 0 Å². The highest BCUT2D eigenvalue weighted by atomic mass is 35.5. The van der Waals surface area contributed by atoms with E-state index in [-0.39, 0.29) is 5.57 Å². The maximum Gasteiger partial charge on any atom is 0.337 e. The molecule has 0 bridgehead atoms. The molecule has 0 atom stereocenters. The maximum absolute atomic E-state index is 11.2. The number of hydrogen-bond donors (Lipinski definition) is 1. The molecule has 0 unspecified atom stereocenters. The Labute approximate surface area is 108 Å². The van der Waals surface area contributed by atoms with Crippen LogP contribution in [-0.4, -0.2) is 11.1 Å². The van der Waals surface area contributed by atoms with Gasteiger partial charge in [-0.1, -0.05) is 29.8 Å². The monoisotopic (exact) mass is 264 g/mol. The van der Waals surface area contributed by atoms with E-state index in [1.165, 1.54) is 11.3 Å². The summed E-state index contributed by atoms with van der Waals surface area (Å²) >= 11 is 7.26. The number of halogens is 1. The molecule has 0 saturated carbocycles. The van der Waals surface area contributed by atoms with Crippen LogP contribution in [0.5, 0.6) is 0 Å². The molecule has 0 aliphatic heterocycles. The van der Waals surface area contributed by atoms with Crippen LogP contribution in [0.1, 0.15) is 10.4 Å². The van der Waals surface area contributed by atoms with E-state index < -0.39 is 5.97 Å². The zero-order chi connectivity index (χ0) is 12.3. The lowest BCUT2D eigenvalue weighted by atomic mass is 10.1. The molecule has 2 aromatic rings. The Balaban J connectivity index is 2.44. The van der Waals surface area contributed by atoms with Gasteiger partial charge < -0.3 is 5.11 Å². The van der Waals surface area contributed by atoms with Crippen LogP contribution in [0.25, 0.3) is 11.6 Å². The highest BCUT2D eigenvalue weighted by Gasteiger charge is 2.11. The molecule has 1 aromatic carbocycles. The van der Waals surface area contributed by atoms with Gasteiger partial charge in [-0.25, -0.2) is 4.79 Å². The summed E-state index contributed by atoms with van der Waals surface area (Å²) in [6.07, 6.45) is 1.63. The Kier molecular flexibility index (Phi) is 3.61. The number of carboxylic acid groups (broad SMARTS) is 1. The lowest BCUT2D eigenvalue weighted by Crippen LogP contribution is -1.97. The average Bonchev–Trinajstić information content (AvgIpc) is 2.78. The Morgan fingerprint density at radius 3 is 2.71 bits per heavy atom. The lowest BCUT2D eigenvalue weighted by molar-refractivity contribution is -0.130. The van der Waals surface area contributed by atoms with Crippen molar-refractivity contribution in [1.82, 2.24) is 0 Å². The van der Waals surface area contributed by atoms with Gasteiger partial charge in [-0.15, -0.1) is 11.3 Å². The average molecular weight is 265 g/mol. The molecule has 2 rings (SSSR count). The quantitative estimate of drug-likeness (QED) is 0.850. The van der Waals surface area contributed by atoms with Crippen LogP contribution in [0.2, 0.25) is 5.02 Å². The first-order valence-electron chi connectivity index (χ1n) is 4.91. The number of thiophene rings is 1. The van der Waals surface area contributed by atoms with Crippen molar-refractivity contribution in [2.24, 2.45) is 0 Å². The highest BCUT2D eigenvalue weighted by molar-refractivity contribution is 7.11. The van der Waals surface area contributed by atoms with E-state index in [9.17, 15) is 9.90 Å². The van der Waals surface area contributed by atoms with Crippen molar-refractivity contribution in [2.75, 3.05) is 0 Å². The van der Waals surface area contributed by atoms with E-state index in [1.807, 2.05) is 17.5 Å². The number of benzene rings is 1. The van der Waals surface area contributed by atoms with Crippen LogP contribution in [0, 0.1) is 0 Å². The van der Waals surface area contributed by atoms with Crippen LogP contribution in [-0.2, 0) is 4.79 Å². The van der Waals surface area contributed by atoms with Gasteiger partial charge in [0.15, 0.2) is 0 Å². The van der Waals surface area contributed by atoms with Gasteiger partial charge in [-0.05, 0) is 35.2 Å². The van der Waals surface area contributed by atoms with Gasteiger partial charge in [0.25, 0.3) is 0 Å². The van der Waals surface area contributed by atoms with Gasteiger partial charge in [-0.3, -0.25) is 0 Å². The Morgan fingerprint density at radius 2 is 2.12 bits per heavy atom. The summed E-state index contributed by atoms with van der Waals surface area (Å²) < 4.78 is 0. The van der Waals surface area contributed by atoms with E-state index in [0.29, 0.717) is 5.02 Å². The third-order valence-corrected chi connectivity index (χ3v) is 3.31. The van der Waals surface area contributed by atoms with E-state index in [1.54, 1.807) is 30.3 Å². The minimum absolute atomic E-state index is 0.280. The summed E-state index contributed by atoms with van der Waals surface area (Å²) in [6.45, 7) is 0. The summed E-state index contributed by atoms with van der Waals surface area (Å²) in [7, 11) is 0. The molecule has 0 aliphatic carbocycles. The first kappa shape index (κ1) is 11.9. The molecule has 1 N–H and O–H groups in total. The summed E-state index contributed by atoms with van der Waals surface area (Å²) in [5, 5.41) is 11.6. The van der Waals surface area contributed by atoms with Gasteiger partial charge in [-0.2, -0.15) is 0 Å². The van der Waals surface area contributed by atoms with E-state index in [0.717, 1.165) is 10.4 Å². The minimum Gasteiger partial charge on any atom is -0.478 e. The molecule has 4 heteroatoms. The highest BCUT2D eigenvalue weighted by Crippen LogP contribution is 2.24. The molecule has 2 nitrogen and oxygen atoms in total. The molecule has 0 saturated heterocycles. The fraction of sp³-hybridized carbons (Fsp3) is 0. The van der Waals surface area contributed by atoms with Crippen molar-refractivity contribution in [3.63, 3.8) is 0 Å². The predicted octanol–water partition coefficient (Wildman–Crippen LogP) is 4.03. The second-order valence-corrected chi connectivity index (χ2v) is 4.78. The molecule has 0 amide bonds. The molecule has 0 radical (unpaired) electrons. The SMILES string of the molecule is O=C(O)/C(=C\c1cccc(Cl)c1)c1cccs1. The zero-order valence-electron chi connectivity index (χ0n) is 8.76. The van der Waals surface area contributed by atoms with Gasteiger partial charge >= 0.3 is 5.97 Å². The molecular weight excluding hydrogens is 256 g/mol. The second-order valence-electron chi connectivity index (χ2n) is 3.40. The lowest BCUT2D eigenvalue weighted by Gasteiger charge is -2.00. The van der Waals surface area contributed by atoms with Crippen molar-refractivity contribution in [3.8, 4) is 0 Å². The Morgan fingerprint density at radius 1 is 1.29 bits per heavy atom. The summed E-state index contributed by atoms with van der Waals surface area (Å²) in [6, 6.07) is 10.7. The number of aliphatic carboxylic acids is 1. The van der Waals surface area contributed by atoms with Crippen molar-refractivity contribution in [2.45, 2.75) is 0 Å². The van der Waals surface area contributed by atoms with E-state index >= 15 is 0 Å². The van der Waals surface area contributed by atoms with Crippen LogP contribution in [0.15, 0.2) is 41.8 Å². The van der Waals surface area contributed by atoms with E-state index in [2.05, 4.69) is 0 Å². The van der Waals surface area contributed by atoms with Gasteiger partial charge in [0.05, 0.1) is 5.57 Å². The molecule has 0 aliphatic rings. The molecule has 1 heterocycles. The number of hydrogen-bond acceptors (Lipinski definition) is 2. The third kappa shape index (κ3) is 2.96. The summed E-state index contributed by atoms with van der Waals surface area (Å²) in [5.74, 6) is -0.938. The topological polar surface area (TPSA) is 37.3 Å². The molecule has 17 heavy (non-hydrogen) atoms. The Hall–Kier alpha value is -1.58. The number of carbonyl (C=O) groups is 1. The number of carboxylic acids is 1. The first-order valence-corrected chi connectivity index (χ1v) is 6.17. The van der Waals surface area contributed by atoms with Gasteiger partial charge in [0, 0.05) is 9.90 Å². The van der Waals surface area contributed by atoms with Crippen LogP contribution >= 0.6 is 22.9 Å². The molecular formula is C13H9ClO2S. The predicted molar refractivity (Wildman–Crippen MR) is 71.3 cm³/mol. The first-order chi connectivity index (χ1) is 8.16. The van der Waals surface area contributed by atoms with Gasteiger partial charge in [0.1, 0.15) is 0 Å². The number of rotatable bonds is 3. The van der Waals surface area contributed by atoms with Crippen molar-refractivity contribution in [3.05, 3.63) is 57.2 Å². The van der Waals surface area contributed by atoms with Crippen molar-refractivity contribution < 1.29 is 9.90 Å². The molecule has 0 spiro atoms. The third-order valence-electron chi connectivity index (χ3n) is 2.18. The zero-order valence-corrected chi connectivity index (χ0v) is 10.3. The standard InChI is InChI=1S/C13H9ClO2S/c14-10-4-1-3-9(7-10)8-11(13(15)16)12-5-2-6-17-12/h1-8H,(H,15,16)/b11-8-. The molecule has 0 fully saturated rings. The van der Waals surface area contributed by atoms with Crippen LogP contribution < -0.4 is 0 Å². The fourth-order valence-electron chi connectivity index (χ4n) is 1.43. The van der Waals surface area contributed by atoms with E-state index in [4.69, 9.17) is 11.6 Å². The second kappa shape index (κ2) is 5.17. The largest absolute Gasteiger partial charge is 0.478 e. The van der Waals surface area contributed by atoms with Crippen LogP contribution in [0.4, 0.5) is 0 Å². The molecule has 86 valence electrons. The van der Waals surface area contributed by atoms with Gasteiger partial charge in [0.2, 0.25) is 0 Å². The summed E-state index contributed by atoms with van der Waals surface area (Å²) in [5.41, 5.74) is 1.06. The van der Waals surface area contributed by atoms with Crippen molar-refractivity contribution >= 4 is 40.6 Å². The normalized spacial score (nSPS) is 11.5. The molecule has 1 aromatic heterocycles. The van der Waals surface area contributed by atoms with Crippen molar-refractivity contribution in [1.29, 1.82) is 0 Å². The fourth-order valence-corrected chi connectivity index (χ4v) is 2.37. The minimum atomic E-state index is -0.938. The maximum atomic E-state index is 11.2.